The van der Waals surface area contributed by atoms with Crippen LogP contribution in [0, 0.1) is 0 Å². The largest absolute Gasteiger partial charge is 0.379 e. The lowest BCUT2D eigenvalue weighted by atomic mass is 10.2. The highest BCUT2D eigenvalue weighted by atomic mass is 127. The van der Waals surface area contributed by atoms with Gasteiger partial charge in [-0.15, -0.1) is 24.0 Å². The topological polar surface area (TPSA) is 58.5 Å². The second kappa shape index (κ2) is 12.9. The summed E-state index contributed by atoms with van der Waals surface area (Å²) < 4.78 is 5.49. The Kier molecular flexibility index (Phi) is 12.5. The third-order valence-corrected chi connectivity index (χ3v) is 3.01. The molecule has 0 saturated carbocycles. The second-order valence-corrected chi connectivity index (χ2v) is 5.33. The van der Waals surface area contributed by atoms with E-state index in [9.17, 15) is 0 Å². The summed E-state index contributed by atoms with van der Waals surface area (Å²) in [5, 5.41) is 7.05. The van der Waals surface area contributed by atoms with Gasteiger partial charge in [-0.1, -0.05) is 17.7 Å². The number of hydrogen-bond acceptors (Lipinski definition) is 3. The first-order chi connectivity index (χ1) is 10.1. The first-order valence-electron chi connectivity index (χ1n) is 7.28. The maximum absolute atomic E-state index is 5.75. The number of guanidine groups is 1. The van der Waals surface area contributed by atoms with Gasteiger partial charge in [-0.3, -0.25) is 4.99 Å². The van der Waals surface area contributed by atoms with E-state index in [4.69, 9.17) is 16.3 Å². The molecule has 0 bridgehead atoms. The van der Waals surface area contributed by atoms with Crippen LogP contribution in [0.15, 0.2) is 23.3 Å². The molecular formula is C15H26ClIN4O. The van der Waals surface area contributed by atoms with Gasteiger partial charge in [-0.2, -0.15) is 0 Å². The van der Waals surface area contributed by atoms with Crippen LogP contribution in [-0.2, 0) is 11.2 Å². The molecule has 0 saturated heterocycles. The third kappa shape index (κ3) is 10.2. The number of aliphatic imine (C=N–C) groups is 1. The van der Waals surface area contributed by atoms with Gasteiger partial charge < -0.3 is 15.4 Å². The van der Waals surface area contributed by atoms with Crippen molar-refractivity contribution in [1.82, 2.24) is 15.6 Å². The van der Waals surface area contributed by atoms with Crippen LogP contribution in [0.25, 0.3) is 0 Å². The average Bonchev–Trinajstić information content (AvgIpc) is 2.46. The Morgan fingerprint density at radius 1 is 1.32 bits per heavy atom. The van der Waals surface area contributed by atoms with Gasteiger partial charge in [0.2, 0.25) is 0 Å². The molecule has 1 aromatic rings. The summed E-state index contributed by atoms with van der Waals surface area (Å²) >= 11 is 5.75. The van der Waals surface area contributed by atoms with E-state index in [0.717, 1.165) is 44.1 Å². The molecule has 0 aliphatic carbocycles. The second-order valence-electron chi connectivity index (χ2n) is 4.94. The zero-order valence-electron chi connectivity index (χ0n) is 13.4. The zero-order chi connectivity index (χ0) is 15.5. The van der Waals surface area contributed by atoms with Gasteiger partial charge in [0.05, 0.1) is 6.10 Å². The fourth-order valence-corrected chi connectivity index (χ4v) is 1.81. The molecule has 0 fully saturated rings. The van der Waals surface area contributed by atoms with Crippen molar-refractivity contribution in [2.75, 3.05) is 26.7 Å². The van der Waals surface area contributed by atoms with Crippen molar-refractivity contribution in [3.8, 4) is 0 Å². The summed E-state index contributed by atoms with van der Waals surface area (Å²) in [5.74, 6) is 0.807. The summed E-state index contributed by atoms with van der Waals surface area (Å²) in [6.07, 6.45) is 3.92. The molecule has 0 amide bonds. The smallest absolute Gasteiger partial charge is 0.190 e. The van der Waals surface area contributed by atoms with E-state index in [0.29, 0.717) is 5.15 Å². The number of rotatable bonds is 8. The predicted octanol–water partition coefficient (Wildman–Crippen LogP) is 2.88. The van der Waals surface area contributed by atoms with Crippen LogP contribution in [0.4, 0.5) is 0 Å². The molecule has 0 aliphatic rings. The number of halogens is 2. The van der Waals surface area contributed by atoms with E-state index >= 15 is 0 Å². The summed E-state index contributed by atoms with van der Waals surface area (Å²) in [4.78, 5) is 8.24. The van der Waals surface area contributed by atoms with E-state index in [1.165, 1.54) is 0 Å². The van der Waals surface area contributed by atoms with Gasteiger partial charge in [0.1, 0.15) is 5.15 Å². The van der Waals surface area contributed by atoms with Crippen molar-refractivity contribution in [2.45, 2.75) is 32.8 Å². The van der Waals surface area contributed by atoms with Crippen molar-refractivity contribution in [3.63, 3.8) is 0 Å². The van der Waals surface area contributed by atoms with Gasteiger partial charge in [-0.05, 0) is 38.3 Å². The SMILES string of the molecule is CN=C(NCCCOC(C)C)NCCc1ccc(Cl)nc1.I. The van der Waals surface area contributed by atoms with Crippen LogP contribution in [-0.4, -0.2) is 43.8 Å². The molecule has 1 heterocycles. The highest BCUT2D eigenvalue weighted by Crippen LogP contribution is 2.05. The monoisotopic (exact) mass is 440 g/mol. The van der Waals surface area contributed by atoms with Crippen LogP contribution in [0.5, 0.6) is 0 Å². The molecule has 22 heavy (non-hydrogen) atoms. The lowest BCUT2D eigenvalue weighted by molar-refractivity contribution is 0.0776. The van der Waals surface area contributed by atoms with Gasteiger partial charge in [0.25, 0.3) is 0 Å². The van der Waals surface area contributed by atoms with Gasteiger partial charge in [0, 0.05) is 32.9 Å². The Morgan fingerprint density at radius 3 is 2.64 bits per heavy atom. The molecule has 1 rings (SSSR count). The minimum atomic E-state index is 0. The fraction of sp³-hybridized carbons (Fsp3) is 0.600. The Balaban J connectivity index is 0.00000441. The van der Waals surface area contributed by atoms with Crippen LogP contribution in [0.3, 0.4) is 0 Å². The quantitative estimate of drug-likeness (QED) is 0.215. The van der Waals surface area contributed by atoms with Gasteiger partial charge >= 0.3 is 0 Å². The fourth-order valence-electron chi connectivity index (χ4n) is 1.70. The normalized spacial score (nSPS) is 11.2. The van der Waals surface area contributed by atoms with E-state index < -0.39 is 0 Å². The lowest BCUT2D eigenvalue weighted by Crippen LogP contribution is -2.39. The zero-order valence-corrected chi connectivity index (χ0v) is 16.5. The van der Waals surface area contributed by atoms with E-state index in [2.05, 4.69) is 20.6 Å². The summed E-state index contributed by atoms with van der Waals surface area (Å²) in [7, 11) is 1.77. The molecule has 0 atom stereocenters. The number of nitrogens with zero attached hydrogens (tertiary/aromatic N) is 2. The van der Waals surface area contributed by atoms with Crippen molar-refractivity contribution >= 4 is 41.5 Å². The van der Waals surface area contributed by atoms with Crippen LogP contribution in [0.1, 0.15) is 25.8 Å². The minimum Gasteiger partial charge on any atom is -0.379 e. The average molecular weight is 441 g/mol. The van der Waals surface area contributed by atoms with Crippen LogP contribution in [0.2, 0.25) is 5.15 Å². The third-order valence-electron chi connectivity index (χ3n) is 2.78. The first-order valence-corrected chi connectivity index (χ1v) is 7.66. The molecule has 126 valence electrons. The van der Waals surface area contributed by atoms with E-state index in [-0.39, 0.29) is 30.1 Å². The van der Waals surface area contributed by atoms with Crippen molar-refractivity contribution in [2.24, 2.45) is 4.99 Å². The van der Waals surface area contributed by atoms with Gasteiger partial charge in [-0.25, -0.2) is 4.98 Å². The minimum absolute atomic E-state index is 0. The Hall–Kier alpha value is -0.600. The van der Waals surface area contributed by atoms with Gasteiger partial charge in [0.15, 0.2) is 5.96 Å². The standard InChI is InChI=1S/C15H25ClN4O.HI/c1-12(2)21-10-4-8-18-15(17-3)19-9-7-13-5-6-14(16)20-11-13;/h5-6,11-12H,4,7-10H2,1-3H3,(H2,17,18,19);1H. The number of nitrogens with one attached hydrogen (secondary N) is 2. The predicted molar refractivity (Wildman–Crippen MR) is 103 cm³/mol. The Labute approximate surface area is 155 Å². The maximum Gasteiger partial charge on any atom is 0.190 e. The first kappa shape index (κ1) is 21.4. The summed E-state index contributed by atoms with van der Waals surface area (Å²) in [6, 6.07) is 3.79. The van der Waals surface area contributed by atoms with E-state index in [1.807, 2.05) is 19.9 Å². The molecular weight excluding hydrogens is 415 g/mol. The number of hydrogen-bond donors (Lipinski definition) is 2. The summed E-state index contributed by atoms with van der Waals surface area (Å²) in [6.45, 7) is 6.48. The number of pyridine rings is 1. The number of aromatic nitrogens is 1. The molecule has 0 unspecified atom stereocenters. The molecule has 5 nitrogen and oxygen atoms in total. The van der Waals surface area contributed by atoms with E-state index in [1.54, 1.807) is 19.3 Å². The summed E-state index contributed by atoms with van der Waals surface area (Å²) in [5.41, 5.74) is 1.15. The Bertz CT molecular complexity index is 426. The number of ether oxygens (including phenoxy) is 1. The van der Waals surface area contributed by atoms with Crippen molar-refractivity contribution in [1.29, 1.82) is 0 Å². The Morgan fingerprint density at radius 2 is 2.05 bits per heavy atom. The van der Waals surface area contributed by atoms with Crippen LogP contribution >= 0.6 is 35.6 Å². The molecule has 0 spiro atoms. The van der Waals surface area contributed by atoms with Crippen molar-refractivity contribution in [3.05, 3.63) is 29.0 Å². The highest BCUT2D eigenvalue weighted by Gasteiger charge is 1.99. The highest BCUT2D eigenvalue weighted by molar-refractivity contribution is 14.0. The maximum atomic E-state index is 5.75. The molecule has 0 aliphatic heterocycles. The molecule has 2 N–H and O–H groups in total. The molecule has 0 radical (unpaired) electrons. The molecule has 0 aromatic carbocycles. The molecule has 7 heteroatoms. The lowest BCUT2D eigenvalue weighted by Gasteiger charge is -2.12. The van der Waals surface area contributed by atoms with Crippen LogP contribution < -0.4 is 10.6 Å². The molecule has 1 aromatic heterocycles. The van der Waals surface area contributed by atoms with Crippen molar-refractivity contribution < 1.29 is 4.74 Å².